The second-order valence-corrected chi connectivity index (χ2v) is 4.95. The summed E-state index contributed by atoms with van der Waals surface area (Å²) in [5, 5.41) is 13.5. The Morgan fingerprint density at radius 1 is 1.50 bits per heavy atom. The van der Waals surface area contributed by atoms with Crippen molar-refractivity contribution in [2.24, 2.45) is 0 Å². The molecule has 1 heterocycles. The minimum atomic E-state index is -0.411. The predicted molar refractivity (Wildman–Crippen MR) is 76.2 cm³/mol. The van der Waals surface area contributed by atoms with E-state index in [0.717, 1.165) is 26.8 Å². The van der Waals surface area contributed by atoms with Crippen molar-refractivity contribution in [3.8, 4) is 5.75 Å². The van der Waals surface area contributed by atoms with E-state index in [1.54, 1.807) is 20.2 Å². The molecule has 4 nitrogen and oxygen atoms in total. The monoisotopic (exact) mass is 310 g/mol. The Kier molecular flexibility index (Phi) is 4.04. The number of rotatable bonds is 4. The molecule has 0 aliphatic heterocycles. The first-order valence-electron chi connectivity index (χ1n) is 5.66. The molecule has 2 N–H and O–H groups in total. The molecular weight excluding hydrogens is 296 g/mol. The average Bonchev–Trinajstić information content (AvgIpc) is 2.36. The first kappa shape index (κ1) is 13.1. The van der Waals surface area contributed by atoms with Gasteiger partial charge >= 0.3 is 0 Å². The van der Waals surface area contributed by atoms with Crippen LogP contribution in [-0.4, -0.2) is 29.8 Å². The molecule has 1 aromatic heterocycles. The zero-order valence-corrected chi connectivity index (χ0v) is 11.9. The number of hydrogen-bond acceptors (Lipinski definition) is 4. The van der Waals surface area contributed by atoms with Crippen molar-refractivity contribution in [2.45, 2.75) is 13.0 Å². The molecule has 1 atom stereocenters. The van der Waals surface area contributed by atoms with Crippen LogP contribution in [-0.2, 0) is 0 Å². The molecule has 0 aliphatic carbocycles. The molecule has 18 heavy (non-hydrogen) atoms. The normalized spacial score (nSPS) is 12.4. The minimum Gasteiger partial charge on any atom is -0.497 e. The van der Waals surface area contributed by atoms with Gasteiger partial charge in [-0.15, -0.1) is 0 Å². The zero-order valence-electron chi connectivity index (χ0n) is 10.3. The highest BCUT2D eigenvalue weighted by Crippen LogP contribution is 2.32. The van der Waals surface area contributed by atoms with Crippen LogP contribution in [0.15, 0.2) is 28.9 Å². The van der Waals surface area contributed by atoms with Crippen molar-refractivity contribution in [1.29, 1.82) is 0 Å². The van der Waals surface area contributed by atoms with Crippen LogP contribution >= 0.6 is 15.9 Å². The number of methoxy groups -OCH3 is 1. The van der Waals surface area contributed by atoms with Gasteiger partial charge in [-0.1, -0.05) is 0 Å². The number of aliphatic hydroxyl groups is 1. The van der Waals surface area contributed by atoms with E-state index in [2.05, 4.69) is 26.2 Å². The second kappa shape index (κ2) is 5.54. The van der Waals surface area contributed by atoms with Gasteiger partial charge in [0.15, 0.2) is 0 Å². The minimum absolute atomic E-state index is 0.411. The van der Waals surface area contributed by atoms with Crippen molar-refractivity contribution in [3.63, 3.8) is 0 Å². The van der Waals surface area contributed by atoms with Gasteiger partial charge in [-0.2, -0.15) is 0 Å². The van der Waals surface area contributed by atoms with E-state index in [9.17, 15) is 5.11 Å². The fourth-order valence-corrected chi connectivity index (χ4v) is 2.16. The van der Waals surface area contributed by atoms with E-state index in [4.69, 9.17) is 4.74 Å². The molecule has 0 fully saturated rings. The van der Waals surface area contributed by atoms with Gasteiger partial charge in [-0.05, 0) is 41.1 Å². The number of anilines is 1. The van der Waals surface area contributed by atoms with E-state index in [-0.39, 0.29) is 0 Å². The van der Waals surface area contributed by atoms with E-state index in [1.807, 2.05) is 18.2 Å². The lowest BCUT2D eigenvalue weighted by Gasteiger charge is -2.13. The Morgan fingerprint density at radius 2 is 2.28 bits per heavy atom. The molecule has 0 amide bonds. The van der Waals surface area contributed by atoms with Gasteiger partial charge < -0.3 is 15.2 Å². The van der Waals surface area contributed by atoms with Crippen LogP contribution < -0.4 is 10.1 Å². The molecule has 0 spiro atoms. The van der Waals surface area contributed by atoms with Crippen LogP contribution in [0.2, 0.25) is 0 Å². The van der Waals surface area contributed by atoms with Gasteiger partial charge in [0, 0.05) is 18.1 Å². The largest absolute Gasteiger partial charge is 0.497 e. The molecule has 0 saturated carbocycles. The Bertz CT molecular complexity index is 558. The predicted octanol–water partition coefficient (Wildman–Crippen LogP) is 2.80. The van der Waals surface area contributed by atoms with Crippen LogP contribution in [0.5, 0.6) is 5.75 Å². The fraction of sp³-hybridized carbons (Fsp3) is 0.308. The Labute approximate surface area is 114 Å². The molecular formula is C13H15BrN2O2. The lowest BCUT2D eigenvalue weighted by molar-refractivity contribution is 0.208. The van der Waals surface area contributed by atoms with Gasteiger partial charge in [-0.3, -0.25) is 4.98 Å². The summed E-state index contributed by atoms with van der Waals surface area (Å²) < 4.78 is 6.09. The third-order valence-electron chi connectivity index (χ3n) is 2.60. The highest BCUT2D eigenvalue weighted by molar-refractivity contribution is 9.10. The van der Waals surface area contributed by atoms with Crippen LogP contribution in [0, 0.1) is 0 Å². The number of nitrogens with zero attached hydrogens (tertiary/aromatic N) is 1. The maximum Gasteiger partial charge on any atom is 0.119 e. The van der Waals surface area contributed by atoms with Gasteiger partial charge in [0.25, 0.3) is 0 Å². The number of aliphatic hydroxyl groups excluding tert-OH is 1. The number of halogens is 1. The van der Waals surface area contributed by atoms with E-state index in [0.29, 0.717) is 6.54 Å². The zero-order chi connectivity index (χ0) is 13.1. The van der Waals surface area contributed by atoms with Gasteiger partial charge in [0.2, 0.25) is 0 Å². The standard InChI is InChI=1S/C13H15BrN2O2/c1-8(17)6-16-13-10-5-9(18-2)3-4-12(10)15-7-11(13)14/h3-5,7-8,17H,6H2,1-2H3,(H,15,16). The molecule has 2 aromatic rings. The third-order valence-corrected chi connectivity index (χ3v) is 3.20. The smallest absolute Gasteiger partial charge is 0.119 e. The number of benzene rings is 1. The lowest BCUT2D eigenvalue weighted by atomic mass is 10.1. The van der Waals surface area contributed by atoms with Crippen LogP contribution in [0.25, 0.3) is 10.9 Å². The van der Waals surface area contributed by atoms with Crippen LogP contribution in [0.3, 0.4) is 0 Å². The van der Waals surface area contributed by atoms with E-state index < -0.39 is 6.10 Å². The Hall–Kier alpha value is -1.33. The summed E-state index contributed by atoms with van der Waals surface area (Å²) >= 11 is 3.47. The number of nitrogens with one attached hydrogen (secondary N) is 1. The van der Waals surface area contributed by atoms with Crippen molar-refractivity contribution >= 4 is 32.5 Å². The number of aromatic nitrogens is 1. The first-order chi connectivity index (χ1) is 8.61. The molecule has 5 heteroatoms. The third kappa shape index (κ3) is 2.73. The lowest BCUT2D eigenvalue weighted by Crippen LogP contribution is -2.15. The van der Waals surface area contributed by atoms with Gasteiger partial charge in [0.05, 0.1) is 28.9 Å². The number of pyridine rings is 1. The molecule has 0 radical (unpaired) electrons. The highest BCUT2D eigenvalue weighted by atomic mass is 79.9. The Morgan fingerprint density at radius 3 is 2.94 bits per heavy atom. The second-order valence-electron chi connectivity index (χ2n) is 4.09. The maximum atomic E-state index is 9.36. The fourth-order valence-electron chi connectivity index (χ4n) is 1.70. The molecule has 96 valence electrons. The van der Waals surface area contributed by atoms with Crippen molar-refractivity contribution < 1.29 is 9.84 Å². The molecule has 1 aromatic carbocycles. The summed E-state index contributed by atoms with van der Waals surface area (Å²) in [5.74, 6) is 0.780. The van der Waals surface area contributed by atoms with Crippen molar-refractivity contribution in [1.82, 2.24) is 4.98 Å². The van der Waals surface area contributed by atoms with Crippen molar-refractivity contribution in [2.75, 3.05) is 19.0 Å². The van der Waals surface area contributed by atoms with E-state index in [1.165, 1.54) is 0 Å². The molecule has 1 unspecified atom stereocenters. The topological polar surface area (TPSA) is 54.4 Å². The summed E-state index contributed by atoms with van der Waals surface area (Å²) in [6.07, 6.45) is 1.34. The highest BCUT2D eigenvalue weighted by Gasteiger charge is 2.08. The van der Waals surface area contributed by atoms with Crippen molar-refractivity contribution in [3.05, 3.63) is 28.9 Å². The Balaban J connectivity index is 2.49. The number of hydrogen-bond donors (Lipinski definition) is 2. The molecule has 2 rings (SSSR count). The number of ether oxygens (including phenoxy) is 1. The molecule has 0 saturated heterocycles. The average molecular weight is 311 g/mol. The summed E-state index contributed by atoms with van der Waals surface area (Å²) in [6.45, 7) is 2.22. The summed E-state index contributed by atoms with van der Waals surface area (Å²) in [4.78, 5) is 4.34. The SMILES string of the molecule is COc1ccc2ncc(Br)c(NCC(C)O)c2c1. The maximum absolute atomic E-state index is 9.36. The summed E-state index contributed by atoms with van der Waals surface area (Å²) in [7, 11) is 1.63. The van der Waals surface area contributed by atoms with Gasteiger partial charge in [-0.25, -0.2) is 0 Å². The van der Waals surface area contributed by atoms with Crippen LogP contribution in [0.4, 0.5) is 5.69 Å². The van der Waals surface area contributed by atoms with E-state index >= 15 is 0 Å². The van der Waals surface area contributed by atoms with Gasteiger partial charge in [0.1, 0.15) is 5.75 Å². The molecule has 0 aliphatic rings. The first-order valence-corrected chi connectivity index (χ1v) is 6.45. The summed E-state index contributed by atoms with van der Waals surface area (Å²) in [5.41, 5.74) is 1.80. The quantitative estimate of drug-likeness (QED) is 0.912. The molecule has 0 bridgehead atoms. The van der Waals surface area contributed by atoms with Crippen LogP contribution in [0.1, 0.15) is 6.92 Å². The summed E-state index contributed by atoms with van der Waals surface area (Å²) in [6, 6.07) is 5.72. The number of fused-ring (bicyclic) bond motifs is 1.